The molecule has 1 N–H and O–H groups in total. The van der Waals surface area contributed by atoms with E-state index < -0.39 is 0 Å². The monoisotopic (exact) mass is 180 g/mol. The van der Waals surface area contributed by atoms with E-state index in [0.29, 0.717) is 5.92 Å². The molecule has 0 aromatic heterocycles. The largest absolute Gasteiger partial charge is 0.389 e. The minimum atomic E-state index is -0.298. The van der Waals surface area contributed by atoms with Crippen LogP contribution in [0, 0.1) is 11.3 Å². The highest BCUT2D eigenvalue weighted by molar-refractivity contribution is 5.20. The number of aliphatic hydroxyl groups excluding tert-OH is 1. The molecule has 1 rings (SSSR count). The van der Waals surface area contributed by atoms with Crippen molar-refractivity contribution in [2.75, 3.05) is 0 Å². The molecule has 74 valence electrons. The van der Waals surface area contributed by atoms with Crippen molar-refractivity contribution in [3.63, 3.8) is 0 Å². The van der Waals surface area contributed by atoms with Gasteiger partial charge in [0.15, 0.2) is 0 Å². The summed E-state index contributed by atoms with van der Waals surface area (Å²) in [5, 5.41) is 9.88. The van der Waals surface area contributed by atoms with Gasteiger partial charge in [0.2, 0.25) is 0 Å². The Labute approximate surface area is 81.2 Å². The van der Waals surface area contributed by atoms with E-state index in [1.807, 2.05) is 19.1 Å². The third-order valence-electron chi connectivity index (χ3n) is 3.42. The van der Waals surface area contributed by atoms with Crippen LogP contribution in [0.2, 0.25) is 0 Å². The Morgan fingerprint density at radius 1 is 1.62 bits per heavy atom. The SMILES string of the molecule is CC=CC(O)[C@@H]1CC=C(C)C1(C)C. The lowest BCUT2D eigenvalue weighted by Crippen LogP contribution is -2.30. The van der Waals surface area contributed by atoms with Crippen molar-refractivity contribution in [3.8, 4) is 0 Å². The molecule has 0 amide bonds. The van der Waals surface area contributed by atoms with Gasteiger partial charge in [0, 0.05) is 5.92 Å². The highest BCUT2D eigenvalue weighted by Crippen LogP contribution is 2.44. The van der Waals surface area contributed by atoms with Gasteiger partial charge in [0.25, 0.3) is 0 Å². The second-order valence-corrected chi connectivity index (χ2v) is 4.47. The number of rotatable bonds is 2. The average molecular weight is 180 g/mol. The van der Waals surface area contributed by atoms with Crippen LogP contribution in [0.3, 0.4) is 0 Å². The molecule has 1 nitrogen and oxygen atoms in total. The minimum Gasteiger partial charge on any atom is -0.389 e. The van der Waals surface area contributed by atoms with E-state index >= 15 is 0 Å². The quantitative estimate of drug-likeness (QED) is 0.648. The normalized spacial score (nSPS) is 29.3. The summed E-state index contributed by atoms with van der Waals surface area (Å²) in [6.07, 6.45) is 6.77. The average Bonchev–Trinajstić information content (AvgIpc) is 2.28. The smallest absolute Gasteiger partial charge is 0.0760 e. The molecular weight excluding hydrogens is 160 g/mol. The summed E-state index contributed by atoms with van der Waals surface area (Å²) in [4.78, 5) is 0. The molecule has 1 aliphatic carbocycles. The van der Waals surface area contributed by atoms with E-state index in [1.165, 1.54) is 5.57 Å². The molecule has 0 spiro atoms. The molecule has 13 heavy (non-hydrogen) atoms. The molecular formula is C12H20O. The zero-order chi connectivity index (χ0) is 10.1. The van der Waals surface area contributed by atoms with Gasteiger partial charge in [-0.25, -0.2) is 0 Å². The Morgan fingerprint density at radius 3 is 2.62 bits per heavy atom. The number of hydrogen-bond donors (Lipinski definition) is 1. The fourth-order valence-electron chi connectivity index (χ4n) is 2.05. The summed E-state index contributed by atoms with van der Waals surface area (Å²) in [6, 6.07) is 0. The van der Waals surface area contributed by atoms with Crippen LogP contribution in [-0.2, 0) is 0 Å². The Kier molecular flexibility index (Phi) is 2.97. The van der Waals surface area contributed by atoms with Gasteiger partial charge < -0.3 is 5.11 Å². The van der Waals surface area contributed by atoms with E-state index in [-0.39, 0.29) is 11.5 Å². The van der Waals surface area contributed by atoms with Crippen LogP contribution < -0.4 is 0 Å². The molecule has 1 heteroatoms. The van der Waals surface area contributed by atoms with Gasteiger partial charge in [0.1, 0.15) is 0 Å². The molecule has 1 unspecified atom stereocenters. The second-order valence-electron chi connectivity index (χ2n) is 4.47. The molecule has 0 aromatic rings. The Morgan fingerprint density at radius 2 is 2.23 bits per heavy atom. The first-order valence-electron chi connectivity index (χ1n) is 4.98. The van der Waals surface area contributed by atoms with Crippen molar-refractivity contribution < 1.29 is 5.11 Å². The number of aliphatic hydroxyl groups is 1. The highest BCUT2D eigenvalue weighted by atomic mass is 16.3. The van der Waals surface area contributed by atoms with Crippen molar-refractivity contribution in [2.45, 2.75) is 40.2 Å². The first-order chi connectivity index (χ1) is 6.00. The lowest BCUT2D eigenvalue weighted by Gasteiger charge is -2.32. The number of hydrogen-bond acceptors (Lipinski definition) is 1. The highest BCUT2D eigenvalue weighted by Gasteiger charge is 2.38. The fraction of sp³-hybridized carbons (Fsp3) is 0.667. The first kappa shape index (κ1) is 10.5. The van der Waals surface area contributed by atoms with Crippen LogP contribution >= 0.6 is 0 Å². The predicted molar refractivity (Wildman–Crippen MR) is 56.5 cm³/mol. The number of allylic oxidation sites excluding steroid dienone is 3. The third kappa shape index (κ3) is 1.86. The van der Waals surface area contributed by atoms with Crippen LogP contribution in [0.5, 0.6) is 0 Å². The summed E-state index contributed by atoms with van der Waals surface area (Å²) in [6.45, 7) is 8.53. The van der Waals surface area contributed by atoms with Crippen molar-refractivity contribution in [2.24, 2.45) is 11.3 Å². The Hall–Kier alpha value is -0.560. The van der Waals surface area contributed by atoms with E-state index in [4.69, 9.17) is 0 Å². The molecule has 0 bridgehead atoms. The van der Waals surface area contributed by atoms with E-state index in [9.17, 15) is 5.11 Å². The van der Waals surface area contributed by atoms with Crippen LogP contribution in [0.15, 0.2) is 23.8 Å². The van der Waals surface area contributed by atoms with Gasteiger partial charge in [-0.3, -0.25) is 0 Å². The minimum absolute atomic E-state index is 0.152. The molecule has 0 fully saturated rings. The standard InChI is InChI=1S/C12H20O/c1-5-6-11(13)10-8-7-9(2)12(10,3)4/h5-7,10-11,13H,8H2,1-4H3/t10-,11?/m0/s1. The van der Waals surface area contributed by atoms with Gasteiger partial charge in [-0.15, -0.1) is 0 Å². The maximum atomic E-state index is 9.88. The summed E-state index contributed by atoms with van der Waals surface area (Å²) < 4.78 is 0. The lowest BCUT2D eigenvalue weighted by atomic mass is 9.75. The zero-order valence-corrected chi connectivity index (χ0v) is 9.04. The van der Waals surface area contributed by atoms with E-state index in [2.05, 4.69) is 26.8 Å². The Balaban J connectivity index is 2.76. The summed E-state index contributed by atoms with van der Waals surface area (Å²) in [5.41, 5.74) is 1.56. The fourth-order valence-corrected chi connectivity index (χ4v) is 2.05. The van der Waals surface area contributed by atoms with Crippen molar-refractivity contribution in [1.29, 1.82) is 0 Å². The van der Waals surface area contributed by atoms with Crippen LogP contribution in [0.25, 0.3) is 0 Å². The maximum Gasteiger partial charge on any atom is 0.0760 e. The zero-order valence-electron chi connectivity index (χ0n) is 9.04. The molecule has 0 radical (unpaired) electrons. The summed E-state index contributed by atoms with van der Waals surface area (Å²) in [7, 11) is 0. The van der Waals surface area contributed by atoms with Gasteiger partial charge in [-0.1, -0.05) is 37.6 Å². The summed E-state index contributed by atoms with van der Waals surface area (Å²) >= 11 is 0. The summed E-state index contributed by atoms with van der Waals surface area (Å²) in [5.74, 6) is 0.351. The van der Waals surface area contributed by atoms with Gasteiger partial charge in [-0.2, -0.15) is 0 Å². The first-order valence-corrected chi connectivity index (χ1v) is 4.98. The van der Waals surface area contributed by atoms with Crippen LogP contribution in [0.4, 0.5) is 0 Å². The third-order valence-corrected chi connectivity index (χ3v) is 3.42. The van der Waals surface area contributed by atoms with Crippen LogP contribution in [0.1, 0.15) is 34.1 Å². The van der Waals surface area contributed by atoms with E-state index in [0.717, 1.165) is 6.42 Å². The lowest BCUT2D eigenvalue weighted by molar-refractivity contribution is 0.0978. The Bertz CT molecular complexity index is 236. The molecule has 0 heterocycles. The molecule has 2 atom stereocenters. The van der Waals surface area contributed by atoms with Gasteiger partial charge in [-0.05, 0) is 25.7 Å². The topological polar surface area (TPSA) is 20.2 Å². The van der Waals surface area contributed by atoms with Crippen LogP contribution in [-0.4, -0.2) is 11.2 Å². The molecule has 0 aliphatic heterocycles. The molecule has 0 saturated heterocycles. The molecule has 1 aliphatic rings. The maximum absolute atomic E-state index is 9.88. The molecule has 0 aromatic carbocycles. The van der Waals surface area contributed by atoms with Crippen molar-refractivity contribution in [1.82, 2.24) is 0 Å². The second kappa shape index (κ2) is 3.67. The predicted octanol–water partition coefficient (Wildman–Crippen LogP) is 2.92. The van der Waals surface area contributed by atoms with Gasteiger partial charge >= 0.3 is 0 Å². The van der Waals surface area contributed by atoms with E-state index in [1.54, 1.807) is 0 Å². The molecule has 0 saturated carbocycles. The van der Waals surface area contributed by atoms with Gasteiger partial charge in [0.05, 0.1) is 6.10 Å². The van der Waals surface area contributed by atoms with Crippen molar-refractivity contribution in [3.05, 3.63) is 23.8 Å². The van der Waals surface area contributed by atoms with Crippen molar-refractivity contribution >= 4 is 0 Å².